The predicted molar refractivity (Wildman–Crippen MR) is 113 cm³/mol. The molecule has 3 aromatic rings. The van der Waals surface area contributed by atoms with Gasteiger partial charge in [0.2, 0.25) is 5.91 Å². The smallest absolute Gasteiger partial charge is 0.255 e. The van der Waals surface area contributed by atoms with Gasteiger partial charge < -0.3 is 10.2 Å². The Morgan fingerprint density at radius 2 is 1.82 bits per heavy atom. The molecular formula is C23H19BrN2O2. The van der Waals surface area contributed by atoms with Gasteiger partial charge in [0.1, 0.15) is 6.54 Å². The third-order valence-corrected chi connectivity index (χ3v) is 5.34. The minimum Gasteiger partial charge on any atom is -0.324 e. The van der Waals surface area contributed by atoms with Crippen LogP contribution in [0.2, 0.25) is 0 Å². The fourth-order valence-electron chi connectivity index (χ4n) is 3.61. The Labute approximate surface area is 172 Å². The maximum absolute atomic E-state index is 13.5. The van der Waals surface area contributed by atoms with Crippen LogP contribution in [0.1, 0.15) is 33.1 Å². The van der Waals surface area contributed by atoms with Gasteiger partial charge in [-0.15, -0.1) is 0 Å². The fourth-order valence-corrected chi connectivity index (χ4v) is 3.98. The molecule has 0 unspecified atom stereocenters. The highest BCUT2D eigenvalue weighted by atomic mass is 79.9. The lowest BCUT2D eigenvalue weighted by Crippen LogP contribution is -2.39. The lowest BCUT2D eigenvalue weighted by atomic mass is 9.95. The Morgan fingerprint density at radius 1 is 1.04 bits per heavy atom. The Balaban J connectivity index is 1.89. The van der Waals surface area contributed by atoms with Crippen molar-refractivity contribution < 1.29 is 9.59 Å². The summed E-state index contributed by atoms with van der Waals surface area (Å²) in [4.78, 5) is 27.7. The molecule has 0 aliphatic carbocycles. The molecule has 0 bridgehead atoms. The second-order valence-corrected chi connectivity index (χ2v) is 7.81. The van der Waals surface area contributed by atoms with Crippen LogP contribution in [0, 0.1) is 6.92 Å². The molecule has 1 atom stereocenters. The van der Waals surface area contributed by atoms with E-state index in [-0.39, 0.29) is 24.4 Å². The summed E-state index contributed by atoms with van der Waals surface area (Å²) >= 11 is 3.53. The van der Waals surface area contributed by atoms with Gasteiger partial charge >= 0.3 is 0 Å². The second-order valence-electron chi connectivity index (χ2n) is 6.90. The van der Waals surface area contributed by atoms with Crippen LogP contribution >= 0.6 is 15.9 Å². The predicted octanol–water partition coefficient (Wildman–Crippen LogP) is 4.94. The molecule has 140 valence electrons. The van der Waals surface area contributed by atoms with Crippen LogP contribution in [0.4, 0.5) is 5.69 Å². The van der Waals surface area contributed by atoms with Crippen LogP contribution < -0.4 is 5.32 Å². The number of rotatable bonds is 2. The summed E-state index contributed by atoms with van der Waals surface area (Å²) in [5.74, 6) is -0.372. The average Bonchev–Trinajstić information content (AvgIpc) is 2.83. The standard InChI is InChI=1S/C23H19BrN2O2/c1-15-6-5-9-17(12-15)23(28)26-14-21(27)25-20-11-10-18(24)13-19(20)22(26)16-7-3-2-4-8-16/h2-13,22H,14H2,1H3,(H,25,27)/t22-/m1/s1. The van der Waals surface area contributed by atoms with Crippen molar-refractivity contribution in [2.75, 3.05) is 11.9 Å². The highest BCUT2D eigenvalue weighted by Gasteiger charge is 2.34. The summed E-state index contributed by atoms with van der Waals surface area (Å²) < 4.78 is 0.895. The number of benzene rings is 3. The van der Waals surface area contributed by atoms with Crippen LogP contribution in [0.5, 0.6) is 0 Å². The monoisotopic (exact) mass is 434 g/mol. The van der Waals surface area contributed by atoms with Crippen molar-refractivity contribution in [3.05, 3.63) is 99.5 Å². The zero-order valence-corrected chi connectivity index (χ0v) is 16.9. The van der Waals surface area contributed by atoms with E-state index < -0.39 is 0 Å². The number of fused-ring (bicyclic) bond motifs is 1. The maximum atomic E-state index is 13.5. The van der Waals surface area contributed by atoms with E-state index in [1.807, 2.05) is 73.7 Å². The fraction of sp³-hybridized carbons (Fsp3) is 0.130. The lowest BCUT2D eigenvalue weighted by Gasteiger charge is -2.31. The van der Waals surface area contributed by atoms with Crippen molar-refractivity contribution in [1.82, 2.24) is 4.90 Å². The molecule has 0 spiro atoms. The Hall–Kier alpha value is -2.92. The molecule has 0 saturated heterocycles. The van der Waals surface area contributed by atoms with Crippen LogP contribution in [-0.2, 0) is 4.79 Å². The number of hydrogen-bond donors (Lipinski definition) is 1. The molecule has 0 radical (unpaired) electrons. The van der Waals surface area contributed by atoms with Crippen molar-refractivity contribution in [3.63, 3.8) is 0 Å². The van der Waals surface area contributed by atoms with Gasteiger partial charge in [0.15, 0.2) is 0 Å². The molecule has 4 nitrogen and oxygen atoms in total. The number of anilines is 1. The van der Waals surface area contributed by atoms with Crippen LogP contribution in [0.3, 0.4) is 0 Å². The zero-order valence-electron chi connectivity index (χ0n) is 15.4. The summed E-state index contributed by atoms with van der Waals surface area (Å²) in [5, 5.41) is 2.94. The summed E-state index contributed by atoms with van der Waals surface area (Å²) in [7, 11) is 0. The number of carbonyl (C=O) groups is 2. The number of carbonyl (C=O) groups excluding carboxylic acids is 2. The largest absolute Gasteiger partial charge is 0.324 e. The van der Waals surface area contributed by atoms with Crippen molar-refractivity contribution >= 4 is 33.4 Å². The molecule has 3 aromatic carbocycles. The molecule has 1 aliphatic rings. The number of nitrogens with one attached hydrogen (secondary N) is 1. The molecule has 0 aromatic heterocycles. The van der Waals surface area contributed by atoms with Crippen molar-refractivity contribution in [2.24, 2.45) is 0 Å². The van der Waals surface area contributed by atoms with Crippen LogP contribution in [-0.4, -0.2) is 23.3 Å². The van der Waals surface area contributed by atoms with Crippen LogP contribution in [0.15, 0.2) is 77.3 Å². The number of aryl methyl sites for hydroxylation is 1. The van der Waals surface area contributed by atoms with Gasteiger partial charge in [-0.1, -0.05) is 64.0 Å². The van der Waals surface area contributed by atoms with Crippen molar-refractivity contribution in [3.8, 4) is 0 Å². The van der Waals surface area contributed by atoms with Crippen molar-refractivity contribution in [2.45, 2.75) is 13.0 Å². The molecule has 28 heavy (non-hydrogen) atoms. The Morgan fingerprint density at radius 3 is 2.57 bits per heavy atom. The van der Waals surface area contributed by atoms with Gasteiger partial charge in [-0.25, -0.2) is 0 Å². The second kappa shape index (κ2) is 7.60. The van der Waals surface area contributed by atoms with Gasteiger partial charge in [0.05, 0.1) is 6.04 Å². The van der Waals surface area contributed by atoms with Gasteiger partial charge in [-0.05, 0) is 42.8 Å². The van der Waals surface area contributed by atoms with Crippen LogP contribution in [0.25, 0.3) is 0 Å². The van der Waals surface area contributed by atoms with E-state index in [0.29, 0.717) is 5.56 Å². The minimum atomic E-state index is -0.374. The number of hydrogen-bond acceptors (Lipinski definition) is 2. The molecule has 5 heteroatoms. The van der Waals surface area contributed by atoms with E-state index in [1.54, 1.807) is 11.0 Å². The number of halogens is 1. The summed E-state index contributed by atoms with van der Waals surface area (Å²) in [6.07, 6.45) is 0. The molecule has 4 rings (SSSR count). The molecule has 1 N–H and O–H groups in total. The Kier molecular flexibility index (Phi) is 5.01. The lowest BCUT2D eigenvalue weighted by molar-refractivity contribution is -0.117. The van der Waals surface area contributed by atoms with Gasteiger partial charge in [0.25, 0.3) is 5.91 Å². The van der Waals surface area contributed by atoms with E-state index in [4.69, 9.17) is 0 Å². The first-order valence-corrected chi connectivity index (χ1v) is 9.84. The SMILES string of the molecule is Cc1cccc(C(=O)N2CC(=O)Nc3ccc(Br)cc3[C@H]2c2ccccc2)c1. The number of nitrogens with zero attached hydrogens (tertiary/aromatic N) is 1. The van der Waals surface area contributed by atoms with E-state index in [9.17, 15) is 9.59 Å². The van der Waals surface area contributed by atoms with Gasteiger partial charge in [0, 0.05) is 21.3 Å². The molecular weight excluding hydrogens is 416 g/mol. The van der Waals surface area contributed by atoms with E-state index in [1.165, 1.54) is 0 Å². The normalized spacial score (nSPS) is 16.1. The third-order valence-electron chi connectivity index (χ3n) is 4.85. The first-order chi connectivity index (χ1) is 13.5. The molecule has 1 aliphatic heterocycles. The van der Waals surface area contributed by atoms with Crippen molar-refractivity contribution in [1.29, 1.82) is 0 Å². The van der Waals surface area contributed by atoms with E-state index in [0.717, 1.165) is 26.9 Å². The maximum Gasteiger partial charge on any atom is 0.255 e. The van der Waals surface area contributed by atoms with E-state index in [2.05, 4.69) is 21.2 Å². The minimum absolute atomic E-state index is 0.0152. The first kappa shape index (κ1) is 18.4. The molecule has 1 heterocycles. The molecule has 0 saturated carbocycles. The Bertz CT molecular complexity index is 1050. The quantitative estimate of drug-likeness (QED) is 0.620. The summed E-state index contributed by atoms with van der Waals surface area (Å²) in [6.45, 7) is 1.94. The average molecular weight is 435 g/mol. The topological polar surface area (TPSA) is 49.4 Å². The summed E-state index contributed by atoms with van der Waals surface area (Å²) in [5.41, 5.74) is 4.14. The van der Waals surface area contributed by atoms with E-state index >= 15 is 0 Å². The highest BCUT2D eigenvalue weighted by Crippen LogP contribution is 2.38. The summed E-state index contributed by atoms with van der Waals surface area (Å²) in [6, 6.07) is 22.6. The first-order valence-electron chi connectivity index (χ1n) is 9.05. The third kappa shape index (κ3) is 3.58. The van der Waals surface area contributed by atoms with Gasteiger partial charge in [-0.2, -0.15) is 0 Å². The molecule has 0 fully saturated rings. The number of amides is 2. The van der Waals surface area contributed by atoms with Gasteiger partial charge in [-0.3, -0.25) is 9.59 Å². The highest BCUT2D eigenvalue weighted by molar-refractivity contribution is 9.10. The zero-order chi connectivity index (χ0) is 19.7. The molecule has 2 amide bonds.